The van der Waals surface area contributed by atoms with Gasteiger partial charge in [0.2, 0.25) is 5.76 Å². The molecule has 7 heteroatoms. The maximum Gasteiger partial charge on any atom is 0.292 e. The van der Waals surface area contributed by atoms with Crippen LogP contribution in [0.5, 0.6) is 5.75 Å². The summed E-state index contributed by atoms with van der Waals surface area (Å²) in [5.41, 5.74) is 2.01. The second-order valence-corrected chi connectivity index (χ2v) is 8.00. The van der Waals surface area contributed by atoms with Crippen molar-refractivity contribution in [2.75, 3.05) is 20.2 Å². The number of benzene rings is 1. The van der Waals surface area contributed by atoms with Crippen LogP contribution in [-0.4, -0.2) is 47.6 Å². The molecule has 1 atom stereocenters. The van der Waals surface area contributed by atoms with E-state index in [9.17, 15) is 9.59 Å². The van der Waals surface area contributed by atoms with Gasteiger partial charge in [-0.2, -0.15) is 0 Å². The highest BCUT2D eigenvalue weighted by molar-refractivity contribution is 5.97. The summed E-state index contributed by atoms with van der Waals surface area (Å²) >= 11 is 0. The third-order valence-electron chi connectivity index (χ3n) is 5.78. The maximum absolute atomic E-state index is 12.9. The molecule has 28 heavy (non-hydrogen) atoms. The Hall–Kier alpha value is -2.83. The molecule has 1 N–H and O–H groups in total. The van der Waals surface area contributed by atoms with Crippen molar-refractivity contribution in [2.45, 2.75) is 44.6 Å². The maximum atomic E-state index is 12.9. The Morgan fingerprint density at radius 3 is 2.86 bits per heavy atom. The van der Waals surface area contributed by atoms with Crippen LogP contribution < -0.4 is 10.1 Å². The molecule has 148 valence electrons. The van der Waals surface area contributed by atoms with E-state index in [0.717, 1.165) is 30.5 Å². The predicted molar refractivity (Wildman–Crippen MR) is 103 cm³/mol. The molecule has 0 radical (unpaired) electrons. The van der Waals surface area contributed by atoms with Gasteiger partial charge in [0, 0.05) is 24.7 Å². The number of aromatic nitrogens is 1. The highest BCUT2D eigenvalue weighted by Gasteiger charge is 2.43. The quantitative estimate of drug-likeness (QED) is 0.881. The molecule has 0 unspecified atom stereocenters. The van der Waals surface area contributed by atoms with Crippen LogP contribution in [0.15, 0.2) is 28.8 Å². The number of rotatable bonds is 3. The van der Waals surface area contributed by atoms with Gasteiger partial charge in [0.15, 0.2) is 0 Å². The molecule has 3 heterocycles. The second-order valence-electron chi connectivity index (χ2n) is 8.00. The van der Waals surface area contributed by atoms with E-state index in [4.69, 9.17) is 9.26 Å². The standard InChI is InChI=1S/C21H25N3O4/c1-13(2)17-11-18(28-23-17)20(26)24-9-8-21(12-24)7-6-14-4-5-15(27-3)10-16(14)19(25)22-21/h4-5,10-11,13H,6-9,12H2,1-3H3,(H,22,25)/t21-/m1/s1. The highest BCUT2D eigenvalue weighted by atomic mass is 16.5. The van der Waals surface area contributed by atoms with E-state index in [1.54, 1.807) is 24.1 Å². The van der Waals surface area contributed by atoms with Crippen molar-refractivity contribution < 1.29 is 18.8 Å². The first-order valence-electron chi connectivity index (χ1n) is 9.66. The molecule has 2 amide bonds. The topological polar surface area (TPSA) is 84.7 Å². The molecule has 4 rings (SSSR count). The van der Waals surface area contributed by atoms with E-state index >= 15 is 0 Å². The van der Waals surface area contributed by atoms with Crippen LogP contribution in [0.2, 0.25) is 0 Å². The first-order chi connectivity index (χ1) is 13.4. The number of aryl methyl sites for hydroxylation is 1. The molecule has 1 fully saturated rings. The lowest BCUT2D eigenvalue weighted by Gasteiger charge is -2.28. The van der Waals surface area contributed by atoms with Crippen molar-refractivity contribution in [2.24, 2.45) is 0 Å². The highest BCUT2D eigenvalue weighted by Crippen LogP contribution is 2.32. The van der Waals surface area contributed by atoms with E-state index in [-0.39, 0.29) is 23.5 Å². The molecule has 0 bridgehead atoms. The van der Waals surface area contributed by atoms with Crippen molar-refractivity contribution >= 4 is 11.8 Å². The molecular formula is C21H25N3O4. The Bertz CT molecular complexity index is 920. The van der Waals surface area contributed by atoms with Gasteiger partial charge in [-0.1, -0.05) is 25.1 Å². The number of likely N-dealkylation sites (tertiary alicyclic amines) is 1. The molecule has 2 aliphatic rings. The zero-order valence-electron chi connectivity index (χ0n) is 16.4. The van der Waals surface area contributed by atoms with Gasteiger partial charge >= 0.3 is 0 Å². The van der Waals surface area contributed by atoms with Crippen LogP contribution in [0, 0.1) is 0 Å². The molecule has 2 aromatic rings. The SMILES string of the molecule is COc1ccc2c(c1)C(=O)N[C@]1(CC2)CCN(C(=O)c2cc(C(C)C)no2)C1. The Kier molecular flexibility index (Phi) is 4.61. The van der Waals surface area contributed by atoms with E-state index in [0.29, 0.717) is 24.4 Å². The fourth-order valence-electron chi connectivity index (χ4n) is 4.03. The smallest absolute Gasteiger partial charge is 0.292 e. The van der Waals surface area contributed by atoms with Gasteiger partial charge in [0.05, 0.1) is 18.3 Å². The monoisotopic (exact) mass is 383 g/mol. The summed E-state index contributed by atoms with van der Waals surface area (Å²) in [6.07, 6.45) is 2.29. The van der Waals surface area contributed by atoms with Crippen LogP contribution in [0.4, 0.5) is 0 Å². The number of amides is 2. The zero-order valence-corrected chi connectivity index (χ0v) is 16.4. The Balaban J connectivity index is 1.51. The van der Waals surface area contributed by atoms with Gasteiger partial charge in [0.25, 0.3) is 11.8 Å². The third-order valence-corrected chi connectivity index (χ3v) is 5.78. The number of carbonyl (C=O) groups is 2. The summed E-state index contributed by atoms with van der Waals surface area (Å²) < 4.78 is 10.5. The van der Waals surface area contributed by atoms with Crippen LogP contribution in [-0.2, 0) is 6.42 Å². The van der Waals surface area contributed by atoms with Crippen LogP contribution in [0.3, 0.4) is 0 Å². The lowest BCUT2D eigenvalue weighted by Crippen LogP contribution is -2.50. The van der Waals surface area contributed by atoms with E-state index < -0.39 is 5.54 Å². The number of ether oxygens (including phenoxy) is 1. The number of fused-ring (bicyclic) bond motifs is 1. The molecule has 0 aliphatic carbocycles. The van der Waals surface area contributed by atoms with Gasteiger partial charge in [-0.25, -0.2) is 0 Å². The fraction of sp³-hybridized carbons (Fsp3) is 0.476. The molecule has 1 aromatic carbocycles. The number of carbonyl (C=O) groups excluding carboxylic acids is 2. The van der Waals surface area contributed by atoms with E-state index in [2.05, 4.69) is 10.5 Å². The first kappa shape index (κ1) is 18.5. The van der Waals surface area contributed by atoms with Gasteiger partial charge in [0.1, 0.15) is 5.75 Å². The average molecular weight is 383 g/mol. The number of nitrogens with one attached hydrogen (secondary N) is 1. The second kappa shape index (κ2) is 6.96. The largest absolute Gasteiger partial charge is 0.497 e. The van der Waals surface area contributed by atoms with Crippen molar-refractivity contribution in [3.05, 3.63) is 46.8 Å². The molecular weight excluding hydrogens is 358 g/mol. The minimum Gasteiger partial charge on any atom is -0.497 e. The Labute approximate surface area is 164 Å². The fourth-order valence-corrected chi connectivity index (χ4v) is 4.03. The summed E-state index contributed by atoms with van der Waals surface area (Å²) in [7, 11) is 1.59. The lowest BCUT2D eigenvalue weighted by atomic mass is 9.91. The molecule has 2 aliphatic heterocycles. The Morgan fingerprint density at radius 1 is 1.32 bits per heavy atom. The molecule has 1 aromatic heterocycles. The number of nitrogens with zero attached hydrogens (tertiary/aromatic N) is 2. The Morgan fingerprint density at radius 2 is 2.14 bits per heavy atom. The predicted octanol–water partition coefficient (Wildman–Crippen LogP) is 2.77. The number of hydrogen-bond donors (Lipinski definition) is 1. The summed E-state index contributed by atoms with van der Waals surface area (Å²) in [5.74, 6) is 0.844. The number of hydrogen-bond acceptors (Lipinski definition) is 5. The normalized spacial score (nSPS) is 21.6. The lowest BCUT2D eigenvalue weighted by molar-refractivity contribution is 0.0726. The van der Waals surface area contributed by atoms with Crippen LogP contribution >= 0.6 is 0 Å². The van der Waals surface area contributed by atoms with E-state index in [1.165, 1.54) is 0 Å². The minimum absolute atomic E-state index is 0.109. The number of methoxy groups -OCH3 is 1. The molecule has 1 spiro atoms. The average Bonchev–Trinajstić information content (AvgIpc) is 3.31. The van der Waals surface area contributed by atoms with Gasteiger partial charge in [-0.15, -0.1) is 0 Å². The molecule has 1 saturated heterocycles. The third kappa shape index (κ3) is 3.25. The van der Waals surface area contributed by atoms with Crippen LogP contribution in [0.1, 0.15) is 64.8 Å². The summed E-state index contributed by atoms with van der Waals surface area (Å²) in [6.45, 7) is 5.06. The van der Waals surface area contributed by atoms with Crippen molar-refractivity contribution in [3.63, 3.8) is 0 Å². The molecule has 0 saturated carbocycles. The van der Waals surface area contributed by atoms with Crippen molar-refractivity contribution in [1.82, 2.24) is 15.4 Å². The van der Waals surface area contributed by atoms with Crippen LogP contribution in [0.25, 0.3) is 0 Å². The van der Waals surface area contributed by atoms with Gasteiger partial charge in [-0.05, 0) is 42.9 Å². The zero-order chi connectivity index (χ0) is 19.9. The van der Waals surface area contributed by atoms with Gasteiger partial charge in [-0.3, -0.25) is 9.59 Å². The van der Waals surface area contributed by atoms with E-state index in [1.807, 2.05) is 26.0 Å². The molecule has 7 nitrogen and oxygen atoms in total. The van der Waals surface area contributed by atoms with Gasteiger partial charge < -0.3 is 19.5 Å². The summed E-state index contributed by atoms with van der Waals surface area (Å²) in [4.78, 5) is 27.5. The van der Waals surface area contributed by atoms with Crippen molar-refractivity contribution in [1.29, 1.82) is 0 Å². The minimum atomic E-state index is -0.417. The van der Waals surface area contributed by atoms with Crippen molar-refractivity contribution in [3.8, 4) is 5.75 Å². The summed E-state index contributed by atoms with van der Waals surface area (Å²) in [6, 6.07) is 7.33. The first-order valence-corrected chi connectivity index (χ1v) is 9.66. The summed E-state index contributed by atoms with van der Waals surface area (Å²) in [5, 5.41) is 7.17.